The lowest BCUT2D eigenvalue weighted by Crippen LogP contribution is -2.63. The van der Waals surface area contributed by atoms with Gasteiger partial charge in [-0.3, -0.25) is 14.4 Å². The van der Waals surface area contributed by atoms with Gasteiger partial charge >= 0.3 is 11.9 Å². The molecule has 5 rings (SSSR count). The largest absolute Gasteiger partial charge is 0.472 e. The molecule has 0 amide bonds. The van der Waals surface area contributed by atoms with E-state index >= 15 is 0 Å². The Morgan fingerprint density at radius 2 is 2.08 bits per heavy atom. The van der Waals surface area contributed by atoms with E-state index in [4.69, 9.17) is 13.9 Å². The first-order valence-corrected chi connectivity index (χ1v) is 9.08. The molecule has 2 aliphatic carbocycles. The van der Waals surface area contributed by atoms with Crippen molar-refractivity contribution < 1.29 is 28.3 Å². The van der Waals surface area contributed by atoms with Crippen LogP contribution in [-0.2, 0) is 23.9 Å². The predicted molar refractivity (Wildman–Crippen MR) is 87.6 cm³/mol. The number of cyclic esters (lactones) is 2. The zero-order valence-corrected chi connectivity index (χ0v) is 14.5. The monoisotopic (exact) mass is 356 g/mol. The Balaban J connectivity index is 1.67. The van der Waals surface area contributed by atoms with Crippen LogP contribution in [-0.4, -0.2) is 24.3 Å². The highest BCUT2D eigenvalue weighted by molar-refractivity contribution is 6.04. The van der Waals surface area contributed by atoms with E-state index in [1.807, 2.05) is 6.92 Å². The summed E-state index contributed by atoms with van der Waals surface area (Å²) in [6.45, 7) is 2.03. The molecule has 5 atom stereocenters. The van der Waals surface area contributed by atoms with Crippen LogP contribution in [0.2, 0.25) is 0 Å². The van der Waals surface area contributed by atoms with Crippen LogP contribution in [0.15, 0.2) is 35.2 Å². The molecule has 4 aliphatic rings. The molecule has 2 spiro atoms. The fourth-order valence-corrected chi connectivity index (χ4v) is 5.95. The van der Waals surface area contributed by atoms with Crippen LogP contribution in [0.1, 0.15) is 44.3 Å². The Morgan fingerprint density at radius 3 is 2.85 bits per heavy atom. The van der Waals surface area contributed by atoms with Gasteiger partial charge in [-0.25, -0.2) is 0 Å². The molecule has 0 unspecified atom stereocenters. The fourth-order valence-electron chi connectivity index (χ4n) is 5.95. The molecule has 3 heterocycles. The predicted octanol–water partition coefficient (Wildman–Crippen LogP) is 2.74. The summed E-state index contributed by atoms with van der Waals surface area (Å²) in [5, 5.41) is 0. The molecule has 136 valence electrons. The van der Waals surface area contributed by atoms with E-state index in [0.29, 0.717) is 19.3 Å². The van der Waals surface area contributed by atoms with Gasteiger partial charge in [0.25, 0.3) is 0 Å². The van der Waals surface area contributed by atoms with Gasteiger partial charge in [-0.1, -0.05) is 19.4 Å². The Bertz CT molecular complexity index is 838. The average molecular weight is 356 g/mol. The van der Waals surface area contributed by atoms with Crippen molar-refractivity contribution in [1.82, 2.24) is 0 Å². The minimum absolute atomic E-state index is 0.0571. The summed E-state index contributed by atoms with van der Waals surface area (Å²) < 4.78 is 16.2. The summed E-state index contributed by atoms with van der Waals surface area (Å²) in [7, 11) is 0. The lowest BCUT2D eigenvalue weighted by Gasteiger charge is -2.57. The van der Waals surface area contributed by atoms with Gasteiger partial charge < -0.3 is 13.9 Å². The number of fused-ring (bicyclic) bond motifs is 1. The van der Waals surface area contributed by atoms with Crippen LogP contribution in [0.4, 0.5) is 0 Å². The van der Waals surface area contributed by atoms with Gasteiger partial charge in [-0.15, -0.1) is 0 Å². The second-order valence-electron chi connectivity index (χ2n) is 8.18. The topological polar surface area (TPSA) is 82.8 Å². The second kappa shape index (κ2) is 4.87. The lowest BCUT2D eigenvalue weighted by atomic mass is 9.40. The van der Waals surface area contributed by atoms with Crippen molar-refractivity contribution in [3.63, 3.8) is 0 Å². The van der Waals surface area contributed by atoms with Crippen LogP contribution < -0.4 is 0 Å². The molecule has 0 radical (unpaired) electrons. The third-order valence-corrected chi connectivity index (χ3v) is 7.46. The first-order chi connectivity index (χ1) is 12.4. The maximum Gasteiger partial charge on any atom is 0.317 e. The van der Waals surface area contributed by atoms with Crippen LogP contribution in [0, 0.1) is 22.2 Å². The summed E-state index contributed by atoms with van der Waals surface area (Å²) in [5.74, 6) is -1.21. The van der Waals surface area contributed by atoms with Gasteiger partial charge in [-0.2, -0.15) is 0 Å². The van der Waals surface area contributed by atoms with E-state index in [9.17, 15) is 14.4 Å². The molecule has 2 saturated heterocycles. The third-order valence-electron chi connectivity index (χ3n) is 7.46. The average Bonchev–Trinajstić information content (AvgIpc) is 3.32. The molecule has 6 heteroatoms. The molecule has 1 aromatic heterocycles. The number of esters is 2. The van der Waals surface area contributed by atoms with Gasteiger partial charge in [-0.05, 0) is 25.0 Å². The summed E-state index contributed by atoms with van der Waals surface area (Å²) >= 11 is 0. The van der Waals surface area contributed by atoms with E-state index in [-0.39, 0.29) is 24.3 Å². The van der Waals surface area contributed by atoms with Crippen molar-refractivity contribution in [3.05, 3.63) is 36.3 Å². The zero-order valence-electron chi connectivity index (χ0n) is 14.5. The molecule has 1 aromatic rings. The molecule has 3 fully saturated rings. The number of furan rings is 1. The summed E-state index contributed by atoms with van der Waals surface area (Å²) in [6.07, 6.45) is 8.48. The van der Waals surface area contributed by atoms with E-state index in [1.54, 1.807) is 24.7 Å². The number of carbonyl (C=O) groups excluding carboxylic acids is 3. The molecule has 0 N–H and O–H groups in total. The van der Waals surface area contributed by atoms with Crippen LogP contribution in [0.25, 0.3) is 0 Å². The number of ether oxygens (including phenoxy) is 2. The first kappa shape index (κ1) is 15.9. The minimum Gasteiger partial charge on any atom is -0.472 e. The Labute approximate surface area is 150 Å². The first-order valence-electron chi connectivity index (χ1n) is 9.08. The van der Waals surface area contributed by atoms with Gasteiger partial charge in [0.15, 0.2) is 5.78 Å². The summed E-state index contributed by atoms with van der Waals surface area (Å²) in [4.78, 5) is 38.6. The Hall–Kier alpha value is -2.37. The smallest absolute Gasteiger partial charge is 0.317 e. The van der Waals surface area contributed by atoms with E-state index in [1.165, 1.54) is 6.08 Å². The number of allylic oxidation sites excluding steroid dienone is 1. The van der Waals surface area contributed by atoms with E-state index in [2.05, 4.69) is 0 Å². The van der Waals surface area contributed by atoms with Gasteiger partial charge in [0.05, 0.1) is 29.3 Å². The Morgan fingerprint density at radius 1 is 1.23 bits per heavy atom. The minimum atomic E-state index is -0.971. The Kier molecular flexibility index (Phi) is 2.97. The molecular weight excluding hydrogens is 336 g/mol. The fraction of sp³-hybridized carbons (Fsp3) is 0.550. The van der Waals surface area contributed by atoms with Crippen molar-refractivity contribution in [2.24, 2.45) is 22.2 Å². The number of ketones is 1. The highest BCUT2D eigenvalue weighted by atomic mass is 16.6. The summed E-state index contributed by atoms with van der Waals surface area (Å²) in [5.41, 5.74) is -1.81. The zero-order chi connectivity index (χ0) is 18.2. The van der Waals surface area contributed by atoms with E-state index in [0.717, 1.165) is 12.0 Å². The highest BCUT2D eigenvalue weighted by Crippen LogP contribution is 2.70. The van der Waals surface area contributed by atoms with Crippen molar-refractivity contribution in [2.45, 2.75) is 38.7 Å². The molecule has 2 aliphatic heterocycles. The highest BCUT2D eigenvalue weighted by Gasteiger charge is 2.75. The number of hydrogen-bond donors (Lipinski definition) is 0. The normalized spacial score (nSPS) is 44.0. The molecule has 0 bridgehead atoms. The van der Waals surface area contributed by atoms with E-state index < -0.39 is 28.3 Å². The van der Waals surface area contributed by atoms with Gasteiger partial charge in [0, 0.05) is 17.4 Å². The molecular formula is C20H20O6. The quantitative estimate of drug-likeness (QED) is 0.720. The number of rotatable bonds is 1. The van der Waals surface area contributed by atoms with Gasteiger partial charge in [0.1, 0.15) is 12.7 Å². The number of carbonyl (C=O) groups is 3. The summed E-state index contributed by atoms with van der Waals surface area (Å²) in [6, 6.07) is 1.79. The van der Waals surface area contributed by atoms with Crippen molar-refractivity contribution in [2.75, 3.05) is 6.61 Å². The third kappa shape index (κ3) is 1.57. The lowest BCUT2D eigenvalue weighted by molar-refractivity contribution is -0.171. The maximum absolute atomic E-state index is 13.1. The van der Waals surface area contributed by atoms with Gasteiger partial charge in [0.2, 0.25) is 0 Å². The standard InChI is InChI=1S/C20H20O6/c1-18-6-2-3-13-16(22)25-11-20(13,18)15(21)4-7-19(18)9-14(26-17(19)23)12-5-8-24-10-12/h4-5,7-8,10,13-14H,2-3,6,9,11H2,1H3/t13-,14-,18+,19+,20-/m0/s1. The SMILES string of the molecule is C[C@]12CCC[C@H]3C(=O)OC[C@@]31C(=O)C=C[C@]21C[C@@H](c2ccoc2)OC1=O. The maximum atomic E-state index is 13.1. The van der Waals surface area contributed by atoms with Crippen molar-refractivity contribution >= 4 is 17.7 Å². The molecule has 0 aromatic carbocycles. The van der Waals surface area contributed by atoms with Crippen LogP contribution in [0.3, 0.4) is 0 Å². The van der Waals surface area contributed by atoms with Crippen molar-refractivity contribution in [1.29, 1.82) is 0 Å². The molecule has 6 nitrogen and oxygen atoms in total. The molecule has 26 heavy (non-hydrogen) atoms. The van der Waals surface area contributed by atoms with Crippen LogP contribution in [0.5, 0.6) is 0 Å². The second-order valence-corrected chi connectivity index (χ2v) is 8.18. The number of hydrogen-bond acceptors (Lipinski definition) is 6. The van der Waals surface area contributed by atoms with Crippen LogP contribution >= 0.6 is 0 Å². The van der Waals surface area contributed by atoms with Crippen molar-refractivity contribution in [3.8, 4) is 0 Å². The molecule has 1 saturated carbocycles.